The van der Waals surface area contributed by atoms with Gasteiger partial charge >= 0.3 is 0 Å². The lowest BCUT2D eigenvalue weighted by atomic mass is 10.1. The van der Waals surface area contributed by atoms with Gasteiger partial charge in [-0.25, -0.2) is 0 Å². The zero-order chi connectivity index (χ0) is 15.4. The molecule has 1 saturated heterocycles. The molecule has 7 nitrogen and oxygen atoms in total. The number of hydrogen-bond acceptors (Lipinski definition) is 5. The molecule has 23 heavy (non-hydrogen) atoms. The largest absolute Gasteiger partial charge is 0.348 e. The van der Waals surface area contributed by atoms with E-state index >= 15 is 0 Å². The van der Waals surface area contributed by atoms with Crippen molar-refractivity contribution in [1.82, 2.24) is 29.6 Å². The molecule has 5 rings (SSSR count). The van der Waals surface area contributed by atoms with E-state index in [0.29, 0.717) is 12.0 Å². The molecule has 4 heterocycles. The fourth-order valence-corrected chi connectivity index (χ4v) is 3.54. The molecular weight excluding hydrogens is 290 g/mol. The number of anilines is 1. The summed E-state index contributed by atoms with van der Waals surface area (Å²) >= 11 is 0. The second kappa shape index (κ2) is 4.78. The van der Waals surface area contributed by atoms with Gasteiger partial charge in [0.2, 0.25) is 0 Å². The zero-order valence-corrected chi connectivity index (χ0v) is 13.1. The van der Waals surface area contributed by atoms with Crippen molar-refractivity contribution in [2.24, 2.45) is 7.05 Å². The van der Waals surface area contributed by atoms with Crippen molar-refractivity contribution in [2.45, 2.75) is 37.6 Å². The van der Waals surface area contributed by atoms with Gasteiger partial charge in [-0.2, -0.15) is 9.61 Å². The Morgan fingerprint density at radius 1 is 1.13 bits per heavy atom. The molecule has 2 fully saturated rings. The summed E-state index contributed by atoms with van der Waals surface area (Å²) in [5.41, 5.74) is 2.10. The number of aryl methyl sites for hydroxylation is 1. The maximum Gasteiger partial charge on any atom is 0.178 e. The molecule has 3 aromatic rings. The predicted molar refractivity (Wildman–Crippen MR) is 85.3 cm³/mol. The van der Waals surface area contributed by atoms with Gasteiger partial charge in [0.05, 0.1) is 12.2 Å². The van der Waals surface area contributed by atoms with Crippen LogP contribution in [0.25, 0.3) is 5.65 Å². The van der Waals surface area contributed by atoms with Crippen LogP contribution < -0.4 is 4.90 Å². The molecule has 118 valence electrons. The van der Waals surface area contributed by atoms with Crippen LogP contribution >= 0.6 is 0 Å². The Morgan fingerprint density at radius 3 is 2.83 bits per heavy atom. The van der Waals surface area contributed by atoms with E-state index in [2.05, 4.69) is 32.5 Å². The molecule has 0 N–H and O–H groups in total. The van der Waals surface area contributed by atoms with Gasteiger partial charge in [0.15, 0.2) is 11.5 Å². The molecule has 1 aliphatic heterocycles. The van der Waals surface area contributed by atoms with Gasteiger partial charge in [0, 0.05) is 31.3 Å². The van der Waals surface area contributed by atoms with Crippen molar-refractivity contribution in [3.05, 3.63) is 35.9 Å². The summed E-state index contributed by atoms with van der Waals surface area (Å²) in [5, 5.41) is 17.7. The first-order valence-electron chi connectivity index (χ1n) is 8.27. The summed E-state index contributed by atoms with van der Waals surface area (Å²) in [6, 6.07) is 4.45. The van der Waals surface area contributed by atoms with Gasteiger partial charge in [-0.15, -0.1) is 15.3 Å². The van der Waals surface area contributed by atoms with E-state index in [-0.39, 0.29) is 0 Å². The Balaban J connectivity index is 1.54. The molecule has 0 bridgehead atoms. The Morgan fingerprint density at radius 2 is 2.04 bits per heavy atom. The topological polar surface area (TPSA) is 64.1 Å². The molecule has 0 radical (unpaired) electrons. The quantitative estimate of drug-likeness (QED) is 0.741. The Kier molecular flexibility index (Phi) is 2.71. The number of aromatic nitrogens is 6. The fourth-order valence-electron chi connectivity index (χ4n) is 3.54. The normalized spacial score (nSPS) is 21.4. The molecule has 0 amide bonds. The molecule has 3 aromatic heterocycles. The first-order chi connectivity index (χ1) is 11.3. The maximum absolute atomic E-state index is 4.85. The number of nitrogens with zero attached hydrogens (tertiary/aromatic N) is 7. The summed E-state index contributed by atoms with van der Waals surface area (Å²) in [6.07, 6.45) is 8.80. The van der Waals surface area contributed by atoms with E-state index < -0.39 is 0 Å². The third-order valence-electron chi connectivity index (χ3n) is 4.87. The maximum atomic E-state index is 4.85. The third kappa shape index (κ3) is 2.10. The summed E-state index contributed by atoms with van der Waals surface area (Å²) < 4.78 is 3.80. The van der Waals surface area contributed by atoms with Crippen LogP contribution in [0.5, 0.6) is 0 Å². The van der Waals surface area contributed by atoms with Gasteiger partial charge in [0.25, 0.3) is 0 Å². The lowest BCUT2D eigenvalue weighted by molar-refractivity contribution is 0.694. The minimum atomic E-state index is 0.356. The summed E-state index contributed by atoms with van der Waals surface area (Å²) in [4.78, 5) is 2.38. The van der Waals surface area contributed by atoms with E-state index in [1.807, 2.05) is 28.5 Å². The minimum absolute atomic E-state index is 0.356. The molecule has 1 aliphatic carbocycles. The van der Waals surface area contributed by atoms with Crippen molar-refractivity contribution in [3.8, 4) is 0 Å². The van der Waals surface area contributed by atoms with Crippen molar-refractivity contribution in [2.75, 3.05) is 11.4 Å². The number of rotatable bonds is 3. The van der Waals surface area contributed by atoms with E-state index in [4.69, 9.17) is 5.10 Å². The summed E-state index contributed by atoms with van der Waals surface area (Å²) in [5.74, 6) is 2.56. The van der Waals surface area contributed by atoms with Crippen LogP contribution in [0.3, 0.4) is 0 Å². The second-order valence-electron chi connectivity index (χ2n) is 6.59. The molecule has 0 aromatic carbocycles. The van der Waals surface area contributed by atoms with E-state index in [1.165, 1.54) is 24.8 Å². The fraction of sp³-hybridized carbons (Fsp3) is 0.500. The number of hydrogen-bond donors (Lipinski definition) is 0. The summed E-state index contributed by atoms with van der Waals surface area (Å²) in [6.45, 7) is 1.03. The molecule has 1 atom stereocenters. The Bertz CT molecular complexity index is 860. The van der Waals surface area contributed by atoms with Crippen molar-refractivity contribution in [3.63, 3.8) is 0 Å². The molecule has 2 aliphatic rings. The van der Waals surface area contributed by atoms with Gasteiger partial charge in [0.1, 0.15) is 5.82 Å². The smallest absolute Gasteiger partial charge is 0.178 e. The average Bonchev–Trinajstić information content (AvgIpc) is 3.00. The van der Waals surface area contributed by atoms with Crippen molar-refractivity contribution >= 4 is 11.5 Å². The first kappa shape index (κ1) is 13.0. The van der Waals surface area contributed by atoms with Gasteiger partial charge in [-0.05, 0) is 37.8 Å². The molecular formula is C16H19N7. The van der Waals surface area contributed by atoms with E-state index in [1.54, 1.807) is 0 Å². The van der Waals surface area contributed by atoms with E-state index in [9.17, 15) is 0 Å². The van der Waals surface area contributed by atoms with Gasteiger partial charge in [-0.1, -0.05) is 0 Å². The van der Waals surface area contributed by atoms with Crippen LogP contribution in [0.4, 0.5) is 5.82 Å². The molecule has 1 saturated carbocycles. The highest BCUT2D eigenvalue weighted by molar-refractivity contribution is 5.48. The lowest BCUT2D eigenvalue weighted by Crippen LogP contribution is -2.24. The SMILES string of the molecule is Cn1cc(C2CCCN2c2ccc3nnc(C4CC4)n3n2)cn1. The highest BCUT2D eigenvalue weighted by Crippen LogP contribution is 2.39. The van der Waals surface area contributed by atoms with Crippen molar-refractivity contribution in [1.29, 1.82) is 0 Å². The lowest BCUT2D eigenvalue weighted by Gasteiger charge is -2.24. The summed E-state index contributed by atoms with van der Waals surface area (Å²) in [7, 11) is 1.96. The number of fused-ring (bicyclic) bond motifs is 1. The highest BCUT2D eigenvalue weighted by atomic mass is 15.4. The van der Waals surface area contributed by atoms with Crippen LogP contribution in [-0.2, 0) is 7.05 Å². The monoisotopic (exact) mass is 309 g/mol. The van der Waals surface area contributed by atoms with Gasteiger partial charge in [-0.3, -0.25) is 4.68 Å². The van der Waals surface area contributed by atoms with Crippen molar-refractivity contribution < 1.29 is 0 Å². The Hall–Kier alpha value is -2.44. The van der Waals surface area contributed by atoms with Crippen LogP contribution in [0.15, 0.2) is 24.5 Å². The second-order valence-corrected chi connectivity index (χ2v) is 6.59. The van der Waals surface area contributed by atoms with Crippen LogP contribution in [0.2, 0.25) is 0 Å². The van der Waals surface area contributed by atoms with Crippen LogP contribution in [0, 0.1) is 0 Å². The highest BCUT2D eigenvalue weighted by Gasteiger charge is 2.31. The zero-order valence-electron chi connectivity index (χ0n) is 13.1. The third-order valence-corrected chi connectivity index (χ3v) is 4.87. The first-order valence-corrected chi connectivity index (χ1v) is 8.27. The predicted octanol–water partition coefficient (Wildman–Crippen LogP) is 2.08. The molecule has 1 unspecified atom stereocenters. The standard InChI is InChI=1S/C16H19N7/c1-21-10-12(9-17-21)13-3-2-8-22(13)15-7-6-14-18-19-16(11-4-5-11)23(14)20-15/h6-7,9-11,13H,2-5,8H2,1H3. The molecule has 7 heteroatoms. The average molecular weight is 309 g/mol. The van der Waals surface area contributed by atoms with Crippen LogP contribution in [0.1, 0.15) is 49.0 Å². The Labute approximate surface area is 133 Å². The minimum Gasteiger partial charge on any atom is -0.348 e. The van der Waals surface area contributed by atoms with Crippen LogP contribution in [-0.4, -0.2) is 36.1 Å². The molecule has 0 spiro atoms. The van der Waals surface area contributed by atoms with E-state index in [0.717, 1.165) is 30.3 Å². The van der Waals surface area contributed by atoms with Gasteiger partial charge < -0.3 is 4.90 Å².